The first kappa shape index (κ1) is 13.8. The summed E-state index contributed by atoms with van der Waals surface area (Å²) in [5.41, 5.74) is 0.505. The molecular formula is C13H18ClNO2. The van der Waals surface area contributed by atoms with Crippen LogP contribution in [0.4, 0.5) is 0 Å². The maximum absolute atomic E-state index is 12.0. The molecule has 1 amide bonds. The van der Waals surface area contributed by atoms with E-state index in [0.29, 0.717) is 22.9 Å². The van der Waals surface area contributed by atoms with Crippen molar-refractivity contribution in [1.29, 1.82) is 0 Å². The van der Waals surface area contributed by atoms with Gasteiger partial charge in [0.15, 0.2) is 0 Å². The third-order valence-electron chi connectivity index (χ3n) is 2.19. The number of halogens is 1. The number of methoxy groups -OCH3 is 1. The molecule has 0 saturated heterocycles. The van der Waals surface area contributed by atoms with Crippen molar-refractivity contribution in [3.63, 3.8) is 0 Å². The van der Waals surface area contributed by atoms with E-state index in [4.69, 9.17) is 16.3 Å². The smallest absolute Gasteiger partial charge is 0.255 e. The quantitative estimate of drug-likeness (QED) is 0.901. The minimum absolute atomic E-state index is 0.0431. The van der Waals surface area contributed by atoms with Crippen LogP contribution < -0.4 is 10.1 Å². The summed E-state index contributed by atoms with van der Waals surface area (Å²) in [6, 6.07) is 4.99. The number of carbonyl (C=O) groups excluding carboxylic acids is 1. The van der Waals surface area contributed by atoms with Gasteiger partial charge in [-0.3, -0.25) is 4.79 Å². The van der Waals surface area contributed by atoms with E-state index in [1.807, 2.05) is 0 Å². The molecule has 1 aromatic rings. The molecule has 4 heteroatoms. The Morgan fingerprint density at radius 3 is 2.59 bits per heavy atom. The van der Waals surface area contributed by atoms with Gasteiger partial charge in [0.2, 0.25) is 0 Å². The molecule has 0 radical (unpaired) electrons. The van der Waals surface area contributed by atoms with Gasteiger partial charge in [-0.1, -0.05) is 32.4 Å². The van der Waals surface area contributed by atoms with E-state index in [1.54, 1.807) is 18.2 Å². The highest BCUT2D eigenvalue weighted by Crippen LogP contribution is 2.22. The van der Waals surface area contributed by atoms with Crippen molar-refractivity contribution in [3.05, 3.63) is 28.8 Å². The van der Waals surface area contributed by atoms with E-state index in [-0.39, 0.29) is 11.3 Å². The summed E-state index contributed by atoms with van der Waals surface area (Å²) in [7, 11) is 1.53. The molecule has 0 fully saturated rings. The van der Waals surface area contributed by atoms with Gasteiger partial charge in [0, 0.05) is 11.6 Å². The highest BCUT2D eigenvalue weighted by atomic mass is 35.5. The van der Waals surface area contributed by atoms with Crippen LogP contribution in [0, 0.1) is 5.41 Å². The summed E-state index contributed by atoms with van der Waals surface area (Å²) in [5.74, 6) is 0.361. The zero-order chi connectivity index (χ0) is 13.1. The summed E-state index contributed by atoms with van der Waals surface area (Å²) in [6.45, 7) is 6.77. The second kappa shape index (κ2) is 5.41. The monoisotopic (exact) mass is 255 g/mol. The fourth-order valence-electron chi connectivity index (χ4n) is 1.30. The van der Waals surface area contributed by atoms with Gasteiger partial charge < -0.3 is 10.1 Å². The van der Waals surface area contributed by atoms with Crippen molar-refractivity contribution >= 4 is 17.5 Å². The summed E-state index contributed by atoms with van der Waals surface area (Å²) in [4.78, 5) is 12.0. The standard InChI is InChI=1S/C13H18ClNO2/c1-13(2,3)8-15-12(16)10-7-9(14)5-6-11(10)17-4/h5-7H,8H2,1-4H3,(H,15,16). The van der Waals surface area contributed by atoms with Crippen molar-refractivity contribution in [2.45, 2.75) is 20.8 Å². The Hall–Kier alpha value is -1.22. The summed E-state index contributed by atoms with van der Waals surface area (Å²) < 4.78 is 5.13. The van der Waals surface area contributed by atoms with Gasteiger partial charge in [0.05, 0.1) is 12.7 Å². The zero-order valence-corrected chi connectivity index (χ0v) is 11.4. The Morgan fingerprint density at radius 1 is 1.41 bits per heavy atom. The lowest BCUT2D eigenvalue weighted by atomic mass is 9.97. The number of hydrogen-bond acceptors (Lipinski definition) is 2. The zero-order valence-electron chi connectivity index (χ0n) is 10.6. The van der Waals surface area contributed by atoms with Crippen LogP contribution in [0.15, 0.2) is 18.2 Å². The van der Waals surface area contributed by atoms with Gasteiger partial charge in [-0.25, -0.2) is 0 Å². The minimum Gasteiger partial charge on any atom is -0.496 e. The molecule has 1 aromatic carbocycles. The average molecular weight is 256 g/mol. The maximum atomic E-state index is 12.0. The predicted octanol–water partition coefficient (Wildman–Crippen LogP) is 3.12. The molecule has 3 nitrogen and oxygen atoms in total. The van der Waals surface area contributed by atoms with Gasteiger partial charge in [-0.2, -0.15) is 0 Å². The van der Waals surface area contributed by atoms with Crippen LogP contribution in [0.5, 0.6) is 5.75 Å². The molecule has 0 atom stereocenters. The van der Waals surface area contributed by atoms with Crippen molar-refractivity contribution in [1.82, 2.24) is 5.32 Å². The lowest BCUT2D eigenvalue weighted by Gasteiger charge is -2.19. The number of carbonyl (C=O) groups is 1. The maximum Gasteiger partial charge on any atom is 0.255 e. The Kier molecular flexibility index (Phi) is 4.40. The molecule has 17 heavy (non-hydrogen) atoms. The van der Waals surface area contributed by atoms with E-state index in [0.717, 1.165) is 0 Å². The van der Waals surface area contributed by atoms with Crippen LogP contribution >= 0.6 is 11.6 Å². The number of ether oxygens (including phenoxy) is 1. The molecule has 94 valence electrons. The Balaban J connectivity index is 2.84. The molecule has 0 spiro atoms. The SMILES string of the molecule is COc1ccc(Cl)cc1C(=O)NCC(C)(C)C. The number of rotatable bonds is 3. The first-order valence-electron chi connectivity index (χ1n) is 5.45. The van der Waals surface area contributed by atoms with Gasteiger partial charge in [0.25, 0.3) is 5.91 Å². The summed E-state index contributed by atoms with van der Waals surface area (Å²) >= 11 is 5.87. The second-order valence-electron chi connectivity index (χ2n) is 5.09. The fourth-order valence-corrected chi connectivity index (χ4v) is 1.47. The van der Waals surface area contributed by atoms with Crippen LogP contribution in [0.3, 0.4) is 0 Å². The fraction of sp³-hybridized carbons (Fsp3) is 0.462. The number of hydrogen-bond donors (Lipinski definition) is 1. The van der Waals surface area contributed by atoms with E-state index < -0.39 is 0 Å². The summed E-state index contributed by atoms with van der Waals surface area (Å²) in [6.07, 6.45) is 0. The van der Waals surface area contributed by atoms with Gasteiger partial charge >= 0.3 is 0 Å². The second-order valence-corrected chi connectivity index (χ2v) is 5.52. The third-order valence-corrected chi connectivity index (χ3v) is 2.42. The predicted molar refractivity (Wildman–Crippen MR) is 69.8 cm³/mol. The highest BCUT2D eigenvalue weighted by molar-refractivity contribution is 6.31. The molecule has 0 heterocycles. The van der Waals surface area contributed by atoms with Gasteiger partial charge in [-0.05, 0) is 23.6 Å². The Morgan fingerprint density at radius 2 is 2.06 bits per heavy atom. The average Bonchev–Trinajstić information content (AvgIpc) is 2.25. The molecule has 1 rings (SSSR count). The van der Waals surface area contributed by atoms with E-state index in [1.165, 1.54) is 7.11 Å². The van der Waals surface area contributed by atoms with E-state index in [2.05, 4.69) is 26.1 Å². The first-order valence-corrected chi connectivity index (χ1v) is 5.83. The van der Waals surface area contributed by atoms with Crippen molar-refractivity contribution < 1.29 is 9.53 Å². The molecule has 0 saturated carbocycles. The van der Waals surface area contributed by atoms with Crippen molar-refractivity contribution in [3.8, 4) is 5.75 Å². The largest absolute Gasteiger partial charge is 0.496 e. The van der Waals surface area contributed by atoms with Crippen LogP contribution in [-0.4, -0.2) is 19.6 Å². The molecule has 0 unspecified atom stereocenters. The van der Waals surface area contributed by atoms with Crippen molar-refractivity contribution in [2.24, 2.45) is 5.41 Å². The van der Waals surface area contributed by atoms with Crippen LogP contribution in [0.1, 0.15) is 31.1 Å². The molecule has 1 N–H and O–H groups in total. The number of amides is 1. The lowest BCUT2D eigenvalue weighted by Crippen LogP contribution is -2.32. The van der Waals surface area contributed by atoms with E-state index >= 15 is 0 Å². The van der Waals surface area contributed by atoms with Crippen molar-refractivity contribution in [2.75, 3.05) is 13.7 Å². The molecule has 0 bridgehead atoms. The number of benzene rings is 1. The van der Waals surface area contributed by atoms with Crippen LogP contribution in [0.2, 0.25) is 5.02 Å². The number of nitrogens with one attached hydrogen (secondary N) is 1. The lowest BCUT2D eigenvalue weighted by molar-refractivity contribution is 0.0936. The van der Waals surface area contributed by atoms with Crippen LogP contribution in [0.25, 0.3) is 0 Å². The topological polar surface area (TPSA) is 38.3 Å². The van der Waals surface area contributed by atoms with E-state index in [9.17, 15) is 4.79 Å². The molecule has 0 aliphatic heterocycles. The molecular weight excluding hydrogens is 238 g/mol. The third kappa shape index (κ3) is 4.27. The molecule has 0 aliphatic rings. The van der Waals surface area contributed by atoms with Gasteiger partial charge in [0.1, 0.15) is 5.75 Å². The Bertz CT molecular complexity index is 410. The molecule has 0 aliphatic carbocycles. The first-order chi connectivity index (χ1) is 7.83. The van der Waals surface area contributed by atoms with Crippen LogP contribution in [-0.2, 0) is 0 Å². The molecule has 0 aromatic heterocycles. The highest BCUT2D eigenvalue weighted by Gasteiger charge is 2.16. The normalized spacial score (nSPS) is 11.1. The summed E-state index contributed by atoms with van der Waals surface area (Å²) in [5, 5.41) is 3.38. The van der Waals surface area contributed by atoms with Gasteiger partial charge in [-0.15, -0.1) is 0 Å². The Labute approximate surface area is 107 Å². The minimum atomic E-state index is -0.167.